The normalized spacial score (nSPS) is 25.1. The van der Waals surface area contributed by atoms with Crippen LogP contribution in [-0.2, 0) is 0 Å². The molecule has 518 valence electrons. The topological polar surface area (TPSA) is 121 Å². The van der Waals surface area contributed by atoms with Crippen molar-refractivity contribution in [3.63, 3.8) is 0 Å². The molecule has 5 fully saturated rings. The van der Waals surface area contributed by atoms with Gasteiger partial charge in [0.1, 0.15) is 0 Å². The van der Waals surface area contributed by atoms with Gasteiger partial charge < -0.3 is 34.7 Å². The van der Waals surface area contributed by atoms with E-state index in [-0.39, 0.29) is 19.6 Å². The Bertz CT molecular complexity index is 2710. The standard InChI is InChI=1S/3C15H22F2N2.2C15H24N2O/c3*1-4-12-7-8-19(10-15(12,16)17)13-5-6-14(11(2)3)18-9-13;2*1-11(2)14-6-5-13(9-16-14)17-10-15(4,18)8-7-12(17)3/h3*5-6,9,11-12H,4,7-8,10H2,1-3H3;2*5-6,9,11-12,18H,7-8,10H2,1-4H3/t2*12-;;12-,15+;12-,15-/m10.01/s1. The van der Waals surface area contributed by atoms with Gasteiger partial charge in [-0.1, -0.05) is 90.0 Å². The van der Waals surface area contributed by atoms with E-state index in [1.165, 1.54) is 0 Å². The molecular weight excluding hydrogens is 1190 g/mol. The third-order valence-electron chi connectivity index (χ3n) is 19.6. The number of anilines is 5. The molecular formula is C75H114F6N10O2. The third-order valence-corrected chi connectivity index (χ3v) is 19.6. The predicted molar refractivity (Wildman–Crippen MR) is 372 cm³/mol. The van der Waals surface area contributed by atoms with Crippen molar-refractivity contribution in [2.75, 3.05) is 76.9 Å². The van der Waals surface area contributed by atoms with Crippen LogP contribution in [0.3, 0.4) is 0 Å². The van der Waals surface area contributed by atoms with Crippen LogP contribution in [0.25, 0.3) is 0 Å². The van der Waals surface area contributed by atoms with Gasteiger partial charge in [-0.15, -0.1) is 0 Å². The highest BCUT2D eigenvalue weighted by Gasteiger charge is 2.46. The van der Waals surface area contributed by atoms with Gasteiger partial charge in [0, 0.05) is 91.0 Å². The van der Waals surface area contributed by atoms with Crippen molar-refractivity contribution in [2.45, 2.75) is 253 Å². The van der Waals surface area contributed by atoms with Crippen LogP contribution in [0.5, 0.6) is 0 Å². The minimum absolute atomic E-state index is 0.186. The second-order valence-corrected chi connectivity index (χ2v) is 29.2. The zero-order valence-electron chi connectivity index (χ0n) is 59.3. The number of aromatic nitrogens is 5. The molecule has 7 atom stereocenters. The molecule has 10 heterocycles. The fraction of sp³-hybridized carbons (Fsp3) is 0.667. The lowest BCUT2D eigenvalue weighted by molar-refractivity contribution is -0.0661. The summed E-state index contributed by atoms with van der Waals surface area (Å²) in [5.74, 6) is -7.22. The van der Waals surface area contributed by atoms with Crippen LogP contribution < -0.4 is 24.5 Å². The first kappa shape index (κ1) is 76.3. The van der Waals surface area contributed by atoms with E-state index in [4.69, 9.17) is 0 Å². The Hall–Kier alpha value is -5.75. The van der Waals surface area contributed by atoms with Crippen LogP contribution in [0.4, 0.5) is 54.8 Å². The van der Waals surface area contributed by atoms with E-state index >= 15 is 0 Å². The molecule has 0 amide bonds. The first-order valence-electron chi connectivity index (χ1n) is 34.8. The monoisotopic (exact) mass is 1300 g/mol. The molecule has 0 saturated carbocycles. The summed E-state index contributed by atoms with van der Waals surface area (Å²) in [5, 5.41) is 20.4. The second-order valence-electron chi connectivity index (χ2n) is 29.2. The first-order chi connectivity index (χ1) is 43.6. The molecule has 0 bridgehead atoms. The summed E-state index contributed by atoms with van der Waals surface area (Å²) in [6, 6.07) is 20.9. The smallest absolute Gasteiger partial charge is 0.268 e. The number of rotatable bonds is 13. The number of pyridine rings is 5. The van der Waals surface area contributed by atoms with E-state index in [1.54, 1.807) is 33.3 Å². The number of hydrogen-bond acceptors (Lipinski definition) is 12. The Morgan fingerprint density at radius 2 is 0.602 bits per heavy atom. The summed E-state index contributed by atoms with van der Waals surface area (Å²) >= 11 is 0. The molecule has 5 aromatic heterocycles. The Morgan fingerprint density at radius 3 is 0.785 bits per heavy atom. The van der Waals surface area contributed by atoms with Crippen molar-refractivity contribution in [1.82, 2.24) is 24.9 Å². The molecule has 5 aliphatic rings. The summed E-state index contributed by atoms with van der Waals surface area (Å²) in [6.07, 6.45) is 16.1. The highest BCUT2D eigenvalue weighted by Crippen LogP contribution is 2.40. The van der Waals surface area contributed by atoms with Crippen LogP contribution in [0, 0.1) is 17.8 Å². The van der Waals surface area contributed by atoms with Crippen LogP contribution in [0.2, 0.25) is 0 Å². The minimum atomic E-state index is -2.59. The number of β-amino-alcohol motifs (C(OH)–C–C–N with tert-alkyl or cyclic N) is 2. The molecule has 12 nitrogen and oxygen atoms in total. The van der Waals surface area contributed by atoms with Gasteiger partial charge in [0.25, 0.3) is 17.8 Å². The summed E-state index contributed by atoms with van der Waals surface area (Å²) in [6.45, 7) is 37.7. The zero-order valence-corrected chi connectivity index (χ0v) is 59.3. The number of piperidine rings is 5. The molecule has 10 rings (SSSR count). The molecule has 2 N–H and O–H groups in total. The maximum atomic E-state index is 14.0. The Kier molecular flexibility index (Phi) is 27.3. The summed E-state index contributed by atoms with van der Waals surface area (Å²) < 4.78 is 83.7. The average Bonchev–Trinajstić information content (AvgIpc) is 0.851. The second kappa shape index (κ2) is 33.3. The third kappa shape index (κ3) is 21.6. The van der Waals surface area contributed by atoms with E-state index in [0.717, 1.165) is 82.6 Å². The van der Waals surface area contributed by atoms with Gasteiger partial charge in [-0.2, -0.15) is 0 Å². The maximum absolute atomic E-state index is 14.0. The molecule has 1 unspecified atom stereocenters. The molecule has 5 aliphatic heterocycles. The molecule has 0 spiro atoms. The lowest BCUT2D eigenvalue weighted by atomic mass is 9.90. The highest BCUT2D eigenvalue weighted by atomic mass is 19.3. The average molecular weight is 1300 g/mol. The molecule has 5 aromatic rings. The van der Waals surface area contributed by atoms with Gasteiger partial charge >= 0.3 is 0 Å². The zero-order chi connectivity index (χ0) is 68.8. The van der Waals surface area contributed by atoms with Gasteiger partial charge in [0.15, 0.2) is 0 Å². The molecule has 18 heteroatoms. The predicted octanol–water partition coefficient (Wildman–Crippen LogP) is 18.1. The van der Waals surface area contributed by atoms with Gasteiger partial charge in [-0.05, 0) is 182 Å². The summed E-state index contributed by atoms with van der Waals surface area (Å²) in [7, 11) is 0. The minimum Gasteiger partial charge on any atom is -0.388 e. The van der Waals surface area contributed by atoms with Gasteiger partial charge in [0.2, 0.25) is 0 Å². The number of alkyl halides is 6. The number of hydrogen-bond donors (Lipinski definition) is 2. The Morgan fingerprint density at radius 1 is 0.376 bits per heavy atom. The van der Waals surface area contributed by atoms with E-state index in [0.29, 0.717) is 113 Å². The van der Waals surface area contributed by atoms with Crippen LogP contribution >= 0.6 is 0 Å². The summed E-state index contributed by atoms with van der Waals surface area (Å²) in [4.78, 5) is 31.9. The van der Waals surface area contributed by atoms with E-state index in [9.17, 15) is 36.6 Å². The molecule has 0 radical (unpaired) electrons. The first-order valence-corrected chi connectivity index (χ1v) is 34.8. The van der Waals surface area contributed by atoms with Crippen molar-refractivity contribution in [2.24, 2.45) is 17.8 Å². The van der Waals surface area contributed by atoms with Crippen molar-refractivity contribution < 1.29 is 36.6 Å². The number of nitrogens with zero attached hydrogens (tertiary/aromatic N) is 10. The maximum Gasteiger partial charge on any atom is 0.268 e. The molecule has 93 heavy (non-hydrogen) atoms. The fourth-order valence-corrected chi connectivity index (χ4v) is 13.0. The Balaban J connectivity index is 0.000000184. The van der Waals surface area contributed by atoms with Crippen molar-refractivity contribution in [3.8, 4) is 0 Å². The van der Waals surface area contributed by atoms with Crippen LogP contribution in [0.1, 0.15) is 240 Å². The van der Waals surface area contributed by atoms with Crippen LogP contribution in [0.15, 0.2) is 91.6 Å². The van der Waals surface area contributed by atoms with Crippen molar-refractivity contribution in [1.29, 1.82) is 0 Å². The van der Waals surface area contributed by atoms with Crippen LogP contribution in [-0.4, -0.2) is 129 Å². The van der Waals surface area contributed by atoms with E-state index < -0.39 is 46.7 Å². The molecule has 5 saturated heterocycles. The SMILES string of the molecule is CC(C)c1ccc(N2C[C@](C)(O)CC[C@@H]2C)cn1.CC(C)c1ccc(N2C[C@](C)(O)CC[C@H]2C)cn1.CCC1CCN(c2ccc(C(C)C)nc2)CC1(F)F.CC[C@@H]1CCN(c2ccc(C(C)C)nc2)CC1(F)F.CC[C@H]1CCN(c2ccc(C(C)C)nc2)CC1(F)F. The Labute approximate surface area is 554 Å². The van der Waals surface area contributed by atoms with Gasteiger partial charge in [0.05, 0.1) is 90.3 Å². The lowest BCUT2D eigenvalue weighted by Crippen LogP contribution is -2.50. The van der Waals surface area contributed by atoms with Gasteiger partial charge in [-0.3, -0.25) is 24.9 Å². The molecule has 0 aliphatic carbocycles. The van der Waals surface area contributed by atoms with E-state index in [1.807, 2.05) is 83.4 Å². The van der Waals surface area contributed by atoms with Crippen molar-refractivity contribution in [3.05, 3.63) is 120 Å². The highest BCUT2D eigenvalue weighted by molar-refractivity contribution is 5.50. The van der Waals surface area contributed by atoms with E-state index in [2.05, 4.69) is 142 Å². The summed E-state index contributed by atoms with van der Waals surface area (Å²) in [5.41, 5.74) is 8.73. The molecule has 0 aromatic carbocycles. The quantitative estimate of drug-likeness (QED) is 0.109. The lowest BCUT2D eigenvalue weighted by Gasteiger charge is -2.42. The number of halogens is 6. The largest absolute Gasteiger partial charge is 0.388 e. The van der Waals surface area contributed by atoms with Gasteiger partial charge in [-0.25, -0.2) is 26.3 Å². The fourth-order valence-electron chi connectivity index (χ4n) is 13.0. The van der Waals surface area contributed by atoms with Crippen molar-refractivity contribution >= 4 is 28.4 Å². The number of aliphatic hydroxyl groups is 2.